The highest BCUT2D eigenvalue weighted by atomic mass is 16.6. The van der Waals surface area contributed by atoms with Crippen molar-refractivity contribution in [2.45, 2.75) is 39.3 Å². The summed E-state index contributed by atoms with van der Waals surface area (Å²) in [6, 6.07) is 0.303. The van der Waals surface area contributed by atoms with E-state index >= 15 is 0 Å². The average Bonchev–Trinajstić information content (AvgIpc) is 3.09. The van der Waals surface area contributed by atoms with Crippen LogP contribution in [-0.2, 0) is 6.54 Å². The Morgan fingerprint density at radius 1 is 1.61 bits per heavy atom. The predicted molar refractivity (Wildman–Crippen MR) is 66.7 cm³/mol. The highest BCUT2D eigenvalue weighted by Gasteiger charge is 2.37. The van der Waals surface area contributed by atoms with Crippen LogP contribution in [0.5, 0.6) is 0 Å². The summed E-state index contributed by atoms with van der Waals surface area (Å²) in [5.74, 6) is 0.538. The van der Waals surface area contributed by atoms with E-state index in [1.807, 2.05) is 11.8 Å². The maximum atomic E-state index is 11.2. The fourth-order valence-corrected chi connectivity index (χ4v) is 2.23. The Bertz CT molecular complexity index is 453. The summed E-state index contributed by atoms with van der Waals surface area (Å²) in [5, 5.41) is 24.5. The topological polar surface area (TPSA) is 84.4 Å². The molecule has 7 heteroatoms. The molecule has 1 saturated carbocycles. The van der Waals surface area contributed by atoms with Gasteiger partial charge in [0.2, 0.25) is 5.82 Å². The Morgan fingerprint density at radius 2 is 2.28 bits per heavy atom. The van der Waals surface area contributed by atoms with Crippen molar-refractivity contribution in [3.05, 3.63) is 15.8 Å². The lowest BCUT2D eigenvalue weighted by atomic mass is 10.3. The Labute approximate surface area is 105 Å². The van der Waals surface area contributed by atoms with Crippen molar-refractivity contribution < 1.29 is 10.0 Å². The number of nitrogens with zero attached hydrogens (tertiary/aromatic N) is 4. The summed E-state index contributed by atoms with van der Waals surface area (Å²) >= 11 is 0. The fraction of sp³-hybridized carbons (Fsp3) is 0.727. The lowest BCUT2D eigenvalue weighted by Crippen LogP contribution is -2.31. The Morgan fingerprint density at radius 3 is 2.72 bits per heavy atom. The average molecular weight is 254 g/mol. The molecule has 100 valence electrons. The van der Waals surface area contributed by atoms with Crippen molar-refractivity contribution in [3.8, 4) is 0 Å². The first-order valence-corrected chi connectivity index (χ1v) is 6.19. The maximum absolute atomic E-state index is 11.2. The molecule has 0 saturated heterocycles. The molecule has 1 aromatic rings. The van der Waals surface area contributed by atoms with Gasteiger partial charge in [0.05, 0.1) is 11.5 Å². The number of nitro groups is 1. The summed E-state index contributed by atoms with van der Waals surface area (Å²) in [6.07, 6.45) is 2.04. The maximum Gasteiger partial charge on any atom is 0.333 e. The molecule has 0 bridgehead atoms. The first-order valence-electron chi connectivity index (χ1n) is 6.19. The van der Waals surface area contributed by atoms with Gasteiger partial charge in [0.25, 0.3) is 0 Å². The third kappa shape index (κ3) is 2.17. The summed E-state index contributed by atoms with van der Waals surface area (Å²) in [7, 11) is 0. The van der Waals surface area contributed by atoms with Gasteiger partial charge in [0.1, 0.15) is 5.69 Å². The van der Waals surface area contributed by atoms with Crippen LogP contribution in [-0.4, -0.2) is 39.0 Å². The van der Waals surface area contributed by atoms with Crippen LogP contribution in [0.4, 0.5) is 11.5 Å². The zero-order valence-corrected chi connectivity index (χ0v) is 10.7. The van der Waals surface area contributed by atoms with Crippen LogP contribution in [0.1, 0.15) is 25.5 Å². The van der Waals surface area contributed by atoms with Crippen molar-refractivity contribution in [3.63, 3.8) is 0 Å². The van der Waals surface area contributed by atoms with Gasteiger partial charge in [-0.1, -0.05) is 0 Å². The van der Waals surface area contributed by atoms with Gasteiger partial charge < -0.3 is 10.0 Å². The lowest BCUT2D eigenvalue weighted by molar-refractivity contribution is -0.384. The molecule has 0 aromatic carbocycles. The van der Waals surface area contributed by atoms with Gasteiger partial charge in [0.15, 0.2) is 0 Å². The Kier molecular flexibility index (Phi) is 3.51. The molecule has 1 aliphatic carbocycles. The van der Waals surface area contributed by atoms with Crippen LogP contribution in [0.3, 0.4) is 0 Å². The molecule has 18 heavy (non-hydrogen) atoms. The number of hydrogen-bond donors (Lipinski definition) is 1. The van der Waals surface area contributed by atoms with Gasteiger partial charge in [0, 0.05) is 19.1 Å². The highest BCUT2D eigenvalue weighted by molar-refractivity contribution is 5.62. The van der Waals surface area contributed by atoms with Crippen LogP contribution in [0, 0.1) is 17.0 Å². The standard InChI is InChI=1S/C11H18N4O3/c1-3-14-11(10(15(17)18)8(2)12-14)13(6-7-16)9-4-5-9/h9,16H,3-7H2,1-2H3. The minimum Gasteiger partial charge on any atom is -0.395 e. The second kappa shape index (κ2) is 4.93. The van der Waals surface area contributed by atoms with Crippen molar-refractivity contribution >= 4 is 11.5 Å². The summed E-state index contributed by atoms with van der Waals surface area (Å²) in [5.41, 5.74) is 0.498. The molecule has 1 heterocycles. The zero-order chi connectivity index (χ0) is 13.3. The predicted octanol–water partition coefficient (Wildman–Crippen LogP) is 1.08. The van der Waals surface area contributed by atoms with Crippen LogP contribution < -0.4 is 4.90 Å². The van der Waals surface area contributed by atoms with E-state index in [4.69, 9.17) is 5.11 Å². The molecule has 1 aromatic heterocycles. The van der Waals surface area contributed by atoms with Gasteiger partial charge >= 0.3 is 5.69 Å². The molecule has 1 N–H and O–H groups in total. The van der Waals surface area contributed by atoms with E-state index in [9.17, 15) is 10.1 Å². The molecular formula is C11H18N4O3. The molecule has 0 aliphatic heterocycles. The first kappa shape index (κ1) is 12.8. The van der Waals surface area contributed by atoms with E-state index in [0.717, 1.165) is 12.8 Å². The monoisotopic (exact) mass is 254 g/mol. The largest absolute Gasteiger partial charge is 0.395 e. The smallest absolute Gasteiger partial charge is 0.333 e. The third-order valence-corrected chi connectivity index (χ3v) is 3.15. The molecule has 7 nitrogen and oxygen atoms in total. The molecular weight excluding hydrogens is 236 g/mol. The van der Waals surface area contributed by atoms with Crippen LogP contribution in [0.2, 0.25) is 0 Å². The van der Waals surface area contributed by atoms with Gasteiger partial charge in [-0.2, -0.15) is 5.10 Å². The normalized spacial score (nSPS) is 14.8. The van der Waals surface area contributed by atoms with E-state index in [1.54, 1.807) is 11.6 Å². The van der Waals surface area contributed by atoms with Crippen molar-refractivity contribution in [1.29, 1.82) is 0 Å². The van der Waals surface area contributed by atoms with E-state index in [1.165, 1.54) is 0 Å². The van der Waals surface area contributed by atoms with Crippen LogP contribution in [0.25, 0.3) is 0 Å². The number of hydrogen-bond acceptors (Lipinski definition) is 5. The number of rotatable bonds is 6. The minimum atomic E-state index is -0.378. The number of aromatic nitrogens is 2. The van der Waals surface area contributed by atoms with Gasteiger partial charge in [-0.15, -0.1) is 0 Å². The second-order valence-electron chi connectivity index (χ2n) is 4.48. The summed E-state index contributed by atoms with van der Waals surface area (Å²) < 4.78 is 1.65. The Balaban J connectivity index is 2.47. The SMILES string of the molecule is CCn1nc(C)c([N+](=O)[O-])c1N(CCO)C1CC1. The second-order valence-corrected chi connectivity index (χ2v) is 4.48. The van der Waals surface area contributed by atoms with Crippen molar-refractivity contribution in [2.24, 2.45) is 0 Å². The zero-order valence-electron chi connectivity index (χ0n) is 10.7. The molecule has 2 rings (SSSR count). The van der Waals surface area contributed by atoms with Gasteiger partial charge in [-0.05, 0) is 26.7 Å². The molecule has 0 atom stereocenters. The van der Waals surface area contributed by atoms with Gasteiger partial charge in [-0.3, -0.25) is 10.1 Å². The Hall–Kier alpha value is -1.63. The molecule has 1 aliphatic rings. The number of aliphatic hydroxyl groups excluding tert-OH is 1. The lowest BCUT2D eigenvalue weighted by Gasteiger charge is -2.23. The van der Waals surface area contributed by atoms with Crippen LogP contribution in [0.15, 0.2) is 0 Å². The number of anilines is 1. The number of aliphatic hydroxyl groups is 1. The fourth-order valence-electron chi connectivity index (χ4n) is 2.23. The van der Waals surface area contributed by atoms with E-state index < -0.39 is 0 Å². The van der Waals surface area contributed by atoms with E-state index in [2.05, 4.69) is 5.10 Å². The summed E-state index contributed by atoms with van der Waals surface area (Å²) in [4.78, 5) is 12.7. The van der Waals surface area contributed by atoms with Gasteiger partial charge in [-0.25, -0.2) is 4.68 Å². The first-order chi connectivity index (χ1) is 8.60. The molecule has 0 spiro atoms. The minimum absolute atomic E-state index is 0.0123. The molecule has 0 unspecified atom stereocenters. The third-order valence-electron chi connectivity index (χ3n) is 3.15. The highest BCUT2D eigenvalue weighted by Crippen LogP contribution is 2.38. The number of aryl methyl sites for hydroxylation is 2. The quantitative estimate of drug-likeness (QED) is 0.606. The van der Waals surface area contributed by atoms with E-state index in [-0.39, 0.29) is 17.2 Å². The van der Waals surface area contributed by atoms with Crippen molar-refractivity contribution in [2.75, 3.05) is 18.1 Å². The molecule has 0 amide bonds. The molecule has 1 fully saturated rings. The van der Waals surface area contributed by atoms with E-state index in [0.29, 0.717) is 30.6 Å². The summed E-state index contributed by atoms with van der Waals surface area (Å²) in [6.45, 7) is 4.54. The molecule has 0 radical (unpaired) electrons. The van der Waals surface area contributed by atoms with Crippen molar-refractivity contribution in [1.82, 2.24) is 9.78 Å². The van der Waals surface area contributed by atoms with Crippen LogP contribution >= 0.6 is 0 Å².